The average molecular weight is 473 g/mol. The van der Waals surface area contributed by atoms with Gasteiger partial charge in [-0.15, -0.1) is 0 Å². The largest absolute Gasteiger partial charge is 0.473 e. The van der Waals surface area contributed by atoms with Gasteiger partial charge < -0.3 is 19.0 Å². The fourth-order valence-corrected chi connectivity index (χ4v) is 8.06. The topological polar surface area (TPSA) is 86.0 Å². The number of carbonyl (C=O) groups excluding carboxylic acids is 2. The van der Waals surface area contributed by atoms with Gasteiger partial charge in [0.2, 0.25) is 0 Å². The van der Waals surface area contributed by atoms with Gasteiger partial charge in [-0.05, 0) is 72.0 Å². The zero-order chi connectivity index (χ0) is 24.9. The smallest absolute Gasteiger partial charge is 0.330 e. The Morgan fingerprint density at radius 3 is 2.35 bits per heavy atom. The maximum Gasteiger partial charge on any atom is 0.330 e. The molecule has 0 saturated heterocycles. The van der Waals surface area contributed by atoms with Crippen molar-refractivity contribution < 1.29 is 28.6 Å². The number of hydrogen-bond donors (Lipinski definition) is 1. The van der Waals surface area contributed by atoms with Crippen LogP contribution in [0, 0.1) is 33.5 Å². The Morgan fingerprint density at radius 2 is 1.76 bits per heavy atom. The van der Waals surface area contributed by atoms with Crippen LogP contribution >= 0.6 is 0 Å². The summed E-state index contributed by atoms with van der Waals surface area (Å²) in [5.74, 6) is -0.0736. The van der Waals surface area contributed by atoms with Gasteiger partial charge in [0, 0.05) is 24.3 Å². The lowest BCUT2D eigenvalue weighted by molar-refractivity contribution is -0.262. The Kier molecular flexibility index (Phi) is 6.29. The zero-order valence-corrected chi connectivity index (χ0v) is 21.4. The molecule has 0 aromatic carbocycles. The Bertz CT molecular complexity index is 931. The molecular formula is C28H40O6. The summed E-state index contributed by atoms with van der Waals surface area (Å²) in [6, 6.07) is 3.67. The maximum absolute atomic E-state index is 12.2. The predicted molar refractivity (Wildman–Crippen MR) is 127 cm³/mol. The number of cyclic esters (lactones) is 1. The van der Waals surface area contributed by atoms with Crippen LogP contribution in [-0.2, 0) is 19.1 Å². The Morgan fingerprint density at radius 1 is 1.09 bits per heavy atom. The van der Waals surface area contributed by atoms with Gasteiger partial charge in [-0.3, -0.25) is 4.79 Å². The van der Waals surface area contributed by atoms with E-state index in [1.165, 1.54) is 6.92 Å². The van der Waals surface area contributed by atoms with Gasteiger partial charge >= 0.3 is 11.9 Å². The van der Waals surface area contributed by atoms with E-state index in [0.717, 1.165) is 31.3 Å². The highest BCUT2D eigenvalue weighted by atomic mass is 16.5. The summed E-state index contributed by atoms with van der Waals surface area (Å²) < 4.78 is 15.9. The van der Waals surface area contributed by atoms with Crippen LogP contribution in [-0.4, -0.2) is 35.9 Å². The normalized spacial score (nSPS) is 42.4. The van der Waals surface area contributed by atoms with Gasteiger partial charge in [0.1, 0.15) is 6.10 Å². The molecule has 0 spiro atoms. The summed E-state index contributed by atoms with van der Waals surface area (Å²) >= 11 is 0. The van der Waals surface area contributed by atoms with Crippen molar-refractivity contribution in [1.82, 2.24) is 0 Å². The molecule has 1 aliphatic heterocycles. The molecule has 188 valence electrons. The van der Waals surface area contributed by atoms with Crippen LogP contribution < -0.4 is 0 Å². The Hall–Kier alpha value is -2.08. The molecule has 4 aliphatic rings. The number of aliphatic hydroxyl groups is 1. The van der Waals surface area contributed by atoms with Crippen LogP contribution in [0.4, 0.5) is 0 Å². The highest BCUT2D eigenvalue weighted by Gasteiger charge is 2.71. The van der Waals surface area contributed by atoms with Gasteiger partial charge in [-0.1, -0.05) is 34.6 Å². The van der Waals surface area contributed by atoms with Crippen molar-refractivity contribution in [2.24, 2.45) is 33.5 Å². The second kappa shape index (κ2) is 8.54. The third kappa shape index (κ3) is 3.55. The highest BCUT2D eigenvalue weighted by molar-refractivity contribution is 5.84. The molecule has 3 fully saturated rings. The molecule has 7 atom stereocenters. The Labute approximate surface area is 203 Å². The van der Waals surface area contributed by atoms with Crippen molar-refractivity contribution in [2.45, 2.75) is 85.9 Å². The molecular weight excluding hydrogens is 432 g/mol. The number of esters is 2. The molecule has 4 unspecified atom stereocenters. The van der Waals surface area contributed by atoms with E-state index in [0.29, 0.717) is 13.0 Å². The number of hydrogen-bond acceptors (Lipinski definition) is 6. The minimum atomic E-state index is -0.388. The molecule has 3 saturated carbocycles. The molecule has 0 bridgehead atoms. The van der Waals surface area contributed by atoms with Crippen molar-refractivity contribution >= 4 is 11.9 Å². The van der Waals surface area contributed by atoms with E-state index in [4.69, 9.17) is 9.47 Å². The van der Waals surface area contributed by atoms with E-state index >= 15 is 0 Å². The van der Waals surface area contributed by atoms with Gasteiger partial charge in [-0.2, -0.15) is 0 Å². The van der Waals surface area contributed by atoms with Crippen LogP contribution in [0.3, 0.4) is 0 Å². The van der Waals surface area contributed by atoms with Gasteiger partial charge in [0.15, 0.2) is 0 Å². The number of carbonyl (C=O) groups is 2. The van der Waals surface area contributed by atoms with E-state index in [2.05, 4.69) is 39.0 Å². The molecule has 0 amide bonds. The zero-order valence-electron chi connectivity index (χ0n) is 21.4. The van der Waals surface area contributed by atoms with E-state index in [1.54, 1.807) is 18.6 Å². The third-order valence-corrected chi connectivity index (χ3v) is 10.5. The minimum absolute atomic E-state index is 0.0196. The molecule has 1 aromatic rings. The van der Waals surface area contributed by atoms with Gasteiger partial charge in [0.05, 0.1) is 25.2 Å². The molecule has 5 rings (SSSR count). The van der Waals surface area contributed by atoms with E-state index in [-0.39, 0.29) is 57.6 Å². The van der Waals surface area contributed by atoms with E-state index in [1.807, 2.05) is 12.1 Å². The molecule has 1 N–H and O–H groups in total. The molecule has 0 radical (unpaired) electrons. The molecule has 3 aliphatic carbocycles. The molecule has 6 heteroatoms. The van der Waals surface area contributed by atoms with Crippen LogP contribution in [0.5, 0.6) is 0 Å². The minimum Gasteiger partial charge on any atom is -0.473 e. The number of fused-ring (bicyclic) bond motifs is 5. The van der Waals surface area contributed by atoms with Crippen LogP contribution in [0.15, 0.2) is 40.7 Å². The first-order valence-corrected chi connectivity index (χ1v) is 12.6. The van der Waals surface area contributed by atoms with E-state index < -0.39 is 0 Å². The van der Waals surface area contributed by atoms with Crippen molar-refractivity contribution in [3.8, 4) is 0 Å². The summed E-state index contributed by atoms with van der Waals surface area (Å²) in [4.78, 5) is 24.3. The lowest BCUT2D eigenvalue weighted by Crippen LogP contribution is -2.70. The van der Waals surface area contributed by atoms with Crippen molar-refractivity contribution in [3.63, 3.8) is 0 Å². The fraction of sp³-hybridized carbons (Fsp3) is 0.714. The van der Waals surface area contributed by atoms with Gasteiger partial charge in [-0.25, -0.2) is 4.79 Å². The number of ether oxygens (including phenoxy) is 2. The average Bonchev–Trinajstić information content (AvgIpc) is 3.35. The summed E-state index contributed by atoms with van der Waals surface area (Å²) in [5, 5.41) is 10.9. The predicted octanol–water partition coefficient (Wildman–Crippen LogP) is 5.31. The first-order valence-electron chi connectivity index (χ1n) is 12.6. The lowest BCUT2D eigenvalue weighted by atomic mass is 9.33. The standard InChI is InChI=1S/C24H36O5.C4H4O/c1-14(25)29-19-12-23(5)21(2,3)18(26)9-10-22(23,4)17-8-7-15-13-28-20(27)11-16(15)24(17,19)6;1-2-4-5-3-1/h11,15,17-19,26H,7-10,12-13H2,1-6H3;1-4H/t15?,17?,18-,19?,22+,23?,24-;/m0./s1. The second-order valence-electron chi connectivity index (χ2n) is 12.0. The summed E-state index contributed by atoms with van der Waals surface area (Å²) in [6.45, 7) is 13.1. The lowest BCUT2D eigenvalue weighted by Gasteiger charge is -2.72. The van der Waals surface area contributed by atoms with Crippen molar-refractivity contribution in [1.29, 1.82) is 0 Å². The Balaban J connectivity index is 0.000000486. The second-order valence-corrected chi connectivity index (χ2v) is 12.0. The summed E-state index contributed by atoms with van der Waals surface area (Å²) in [6.07, 6.45) is 8.69. The first kappa shape index (κ1) is 25.0. The third-order valence-electron chi connectivity index (χ3n) is 10.5. The highest BCUT2D eigenvalue weighted by Crippen LogP contribution is 2.74. The molecule has 34 heavy (non-hydrogen) atoms. The number of aliphatic hydroxyl groups excluding tert-OH is 1. The fourth-order valence-electron chi connectivity index (χ4n) is 8.06. The van der Waals surface area contributed by atoms with Crippen LogP contribution in [0.25, 0.3) is 0 Å². The SMILES string of the molecule is CC(=O)OC1CC2(C)C(C)(C)[C@@H](O)CC[C@]2(C)C2CCC3COC(=O)C=C3[C@]12C.c1ccoc1. The maximum atomic E-state index is 12.2. The molecule has 2 heterocycles. The van der Waals surface area contributed by atoms with Crippen LogP contribution in [0.1, 0.15) is 73.6 Å². The number of rotatable bonds is 1. The van der Waals surface area contributed by atoms with E-state index in [9.17, 15) is 14.7 Å². The monoisotopic (exact) mass is 472 g/mol. The quantitative estimate of drug-likeness (QED) is 0.558. The summed E-state index contributed by atoms with van der Waals surface area (Å²) in [5.41, 5.74) is 0.221. The van der Waals surface area contributed by atoms with Crippen molar-refractivity contribution in [2.75, 3.05) is 6.61 Å². The summed E-state index contributed by atoms with van der Waals surface area (Å²) in [7, 11) is 0. The van der Waals surface area contributed by atoms with Crippen LogP contribution in [0.2, 0.25) is 0 Å². The molecule has 1 aromatic heterocycles. The van der Waals surface area contributed by atoms with Gasteiger partial charge in [0.25, 0.3) is 0 Å². The van der Waals surface area contributed by atoms with Crippen molar-refractivity contribution in [3.05, 3.63) is 36.3 Å². The first-order chi connectivity index (χ1) is 15.9. The number of furan rings is 1. The molecule has 6 nitrogen and oxygen atoms in total.